The van der Waals surface area contributed by atoms with Crippen LogP contribution in [0, 0.1) is 11.6 Å². The van der Waals surface area contributed by atoms with E-state index in [0.717, 1.165) is 30.7 Å². The van der Waals surface area contributed by atoms with Crippen LogP contribution in [-0.2, 0) is 4.74 Å². The molecule has 3 aliphatic heterocycles. The average molecular weight is 635 g/mol. The Hall–Kier alpha value is -2.97. The van der Waals surface area contributed by atoms with Gasteiger partial charge in [0.05, 0.1) is 40.5 Å². The standard InChI is InChI=1S/C29H30ClF3N6O3S/c1-28(40)12-38(7-8-41-13-28)25-17-9-18(30)20(16-3-4-19(32)24-23(16)35-26(34)43-24)21(33)22(17)36-27(37-25)42-14-29-5-2-6-39(29)11-15(31)10-29/h3-4,9,15,40H,2,5-8,10-14H2,1H3,(H2,34,35)/t15-,28?,29+/m1/s1. The first kappa shape index (κ1) is 28.8. The van der Waals surface area contributed by atoms with Crippen LogP contribution in [0.5, 0.6) is 6.01 Å². The number of fused-ring (bicyclic) bond motifs is 3. The van der Waals surface area contributed by atoms with Crippen LogP contribution in [0.15, 0.2) is 18.2 Å². The molecule has 14 heteroatoms. The second kappa shape index (κ2) is 10.6. The van der Waals surface area contributed by atoms with Crippen LogP contribution in [-0.4, -0.2) is 88.3 Å². The average Bonchev–Trinajstić information content (AvgIpc) is 3.58. The maximum atomic E-state index is 16.7. The molecular formula is C29H30ClF3N6O3S. The summed E-state index contributed by atoms with van der Waals surface area (Å²) in [5, 5.41) is 11.4. The minimum Gasteiger partial charge on any atom is -0.461 e. The van der Waals surface area contributed by atoms with Crippen molar-refractivity contribution in [2.45, 2.75) is 43.5 Å². The van der Waals surface area contributed by atoms with Gasteiger partial charge in [-0.15, -0.1) is 0 Å². The topological polar surface area (TPSA) is 110 Å². The van der Waals surface area contributed by atoms with Gasteiger partial charge in [0.15, 0.2) is 10.9 Å². The number of aromatic nitrogens is 3. The van der Waals surface area contributed by atoms with Crippen LogP contribution in [0.1, 0.15) is 26.2 Å². The fourth-order valence-corrected chi connectivity index (χ4v) is 7.80. The van der Waals surface area contributed by atoms with Crippen LogP contribution in [0.3, 0.4) is 0 Å². The van der Waals surface area contributed by atoms with Crippen molar-refractivity contribution < 1.29 is 27.8 Å². The van der Waals surface area contributed by atoms with Gasteiger partial charge in [-0.25, -0.2) is 18.2 Å². The number of nitrogens with zero attached hydrogens (tertiary/aromatic N) is 5. The molecule has 7 rings (SSSR count). The third-order valence-corrected chi connectivity index (χ3v) is 9.80. The first-order valence-electron chi connectivity index (χ1n) is 14.2. The van der Waals surface area contributed by atoms with Crippen molar-refractivity contribution in [3.63, 3.8) is 0 Å². The van der Waals surface area contributed by atoms with Crippen LogP contribution in [0.2, 0.25) is 5.02 Å². The van der Waals surface area contributed by atoms with Crippen molar-refractivity contribution >= 4 is 55.0 Å². The molecule has 9 nitrogen and oxygen atoms in total. The third-order valence-electron chi connectivity index (χ3n) is 8.60. The number of rotatable bonds is 5. The molecule has 2 aromatic carbocycles. The Kier molecular flexibility index (Phi) is 7.08. The number of thiazole rings is 1. The molecule has 43 heavy (non-hydrogen) atoms. The Morgan fingerprint density at radius 2 is 2.07 bits per heavy atom. The van der Waals surface area contributed by atoms with Crippen molar-refractivity contribution in [2.24, 2.45) is 0 Å². The van der Waals surface area contributed by atoms with Crippen LogP contribution in [0.25, 0.3) is 32.2 Å². The van der Waals surface area contributed by atoms with Crippen molar-refractivity contribution in [3.05, 3.63) is 34.9 Å². The van der Waals surface area contributed by atoms with Gasteiger partial charge in [0.1, 0.15) is 35.5 Å². The molecule has 5 heterocycles. The Morgan fingerprint density at radius 3 is 2.91 bits per heavy atom. The number of hydrogen-bond donors (Lipinski definition) is 2. The van der Waals surface area contributed by atoms with E-state index < -0.39 is 28.9 Å². The maximum absolute atomic E-state index is 16.7. The lowest BCUT2D eigenvalue weighted by atomic mass is 9.95. The molecule has 3 saturated heterocycles. The predicted octanol–water partition coefficient (Wildman–Crippen LogP) is 4.96. The van der Waals surface area contributed by atoms with E-state index in [4.69, 9.17) is 26.8 Å². The Balaban J connectivity index is 1.38. The molecule has 2 aromatic heterocycles. The number of halogens is 4. The van der Waals surface area contributed by atoms with Crippen LogP contribution >= 0.6 is 22.9 Å². The highest BCUT2D eigenvalue weighted by molar-refractivity contribution is 7.22. The lowest BCUT2D eigenvalue weighted by Crippen LogP contribution is -2.44. The minimum atomic E-state index is -1.20. The van der Waals surface area contributed by atoms with Gasteiger partial charge in [-0.3, -0.25) is 4.90 Å². The lowest BCUT2D eigenvalue weighted by Gasteiger charge is -2.31. The molecule has 3 atom stereocenters. The maximum Gasteiger partial charge on any atom is 0.319 e. The van der Waals surface area contributed by atoms with Crippen molar-refractivity contribution in [1.82, 2.24) is 19.9 Å². The molecule has 3 fully saturated rings. The van der Waals surface area contributed by atoms with Crippen molar-refractivity contribution in [1.29, 1.82) is 0 Å². The summed E-state index contributed by atoms with van der Waals surface area (Å²) in [5.74, 6) is -0.974. The highest BCUT2D eigenvalue weighted by atomic mass is 35.5. The highest BCUT2D eigenvalue weighted by Gasteiger charge is 2.49. The largest absolute Gasteiger partial charge is 0.461 e. The van der Waals surface area contributed by atoms with Crippen LogP contribution in [0.4, 0.5) is 24.1 Å². The first-order chi connectivity index (χ1) is 20.5. The zero-order valence-corrected chi connectivity index (χ0v) is 25.0. The summed E-state index contributed by atoms with van der Waals surface area (Å²) >= 11 is 7.70. The van der Waals surface area contributed by atoms with Gasteiger partial charge in [0.25, 0.3) is 0 Å². The fourth-order valence-electron chi connectivity index (χ4n) is 6.74. The van der Waals surface area contributed by atoms with E-state index in [-0.39, 0.29) is 62.8 Å². The Bertz CT molecular complexity index is 1740. The Labute approximate surface area is 254 Å². The first-order valence-corrected chi connectivity index (χ1v) is 15.3. The smallest absolute Gasteiger partial charge is 0.319 e. The summed E-state index contributed by atoms with van der Waals surface area (Å²) in [6.45, 7) is 3.89. The van der Waals surface area contributed by atoms with E-state index in [0.29, 0.717) is 37.3 Å². The molecule has 1 unspecified atom stereocenters. The number of β-amino-alcohol motifs (C(OH)–C–C–N with tert-alkyl or cyclic N) is 1. The van der Waals surface area contributed by atoms with Crippen molar-refractivity contribution in [2.75, 3.05) is 56.6 Å². The molecule has 4 aromatic rings. The highest BCUT2D eigenvalue weighted by Crippen LogP contribution is 2.44. The number of aliphatic hydroxyl groups is 1. The molecule has 0 radical (unpaired) electrons. The number of benzene rings is 2. The molecule has 228 valence electrons. The van der Waals surface area contributed by atoms with Gasteiger partial charge in [0, 0.05) is 36.0 Å². The van der Waals surface area contributed by atoms with E-state index in [2.05, 4.69) is 19.9 Å². The van der Waals surface area contributed by atoms with Gasteiger partial charge in [-0.05, 0) is 44.5 Å². The van der Waals surface area contributed by atoms with E-state index in [1.165, 1.54) is 12.1 Å². The Morgan fingerprint density at radius 1 is 1.23 bits per heavy atom. The van der Waals surface area contributed by atoms with Gasteiger partial charge >= 0.3 is 6.01 Å². The number of nitrogens with two attached hydrogens (primary N) is 1. The number of anilines is 2. The summed E-state index contributed by atoms with van der Waals surface area (Å²) in [5.41, 5.74) is 4.58. The van der Waals surface area contributed by atoms with Gasteiger partial charge in [0.2, 0.25) is 0 Å². The summed E-state index contributed by atoms with van der Waals surface area (Å²) in [4.78, 5) is 17.3. The fraction of sp³-hybridized carbons (Fsp3) is 0.483. The van der Waals surface area contributed by atoms with E-state index >= 15 is 4.39 Å². The SMILES string of the molecule is CC1(O)COCCN(c2nc(OC[C@@]34CCCN3C[C@H](F)C4)nc3c(F)c(-c4ccc(F)c5sc(N)nc45)c(Cl)cc23)C1. The summed E-state index contributed by atoms with van der Waals surface area (Å²) < 4.78 is 57.6. The lowest BCUT2D eigenvalue weighted by molar-refractivity contribution is -0.0123. The van der Waals surface area contributed by atoms with Crippen LogP contribution < -0.4 is 15.4 Å². The van der Waals surface area contributed by atoms with Crippen molar-refractivity contribution in [3.8, 4) is 17.1 Å². The quantitative estimate of drug-likeness (QED) is 0.315. The summed E-state index contributed by atoms with van der Waals surface area (Å²) in [7, 11) is 0. The number of alkyl halides is 1. The second-order valence-corrected chi connectivity index (χ2v) is 13.4. The monoisotopic (exact) mass is 634 g/mol. The summed E-state index contributed by atoms with van der Waals surface area (Å²) in [6.07, 6.45) is 1.13. The van der Waals surface area contributed by atoms with Gasteiger partial charge in [-0.1, -0.05) is 22.9 Å². The van der Waals surface area contributed by atoms with E-state index in [1.807, 2.05) is 0 Å². The molecule has 3 aliphatic rings. The third kappa shape index (κ3) is 5.04. The predicted molar refractivity (Wildman–Crippen MR) is 160 cm³/mol. The molecule has 0 bridgehead atoms. The van der Waals surface area contributed by atoms with Gasteiger partial charge < -0.3 is 25.2 Å². The molecular weight excluding hydrogens is 605 g/mol. The number of ether oxygens (including phenoxy) is 2. The molecule has 0 amide bonds. The molecule has 0 spiro atoms. The molecule has 0 aliphatic carbocycles. The zero-order chi connectivity index (χ0) is 30.1. The number of nitrogen functional groups attached to an aromatic ring is 1. The summed E-state index contributed by atoms with van der Waals surface area (Å²) in [6, 6.07) is 4.12. The normalized spacial score (nSPS) is 26.4. The van der Waals surface area contributed by atoms with Gasteiger partial charge in [-0.2, -0.15) is 9.97 Å². The van der Waals surface area contributed by atoms with E-state index in [9.17, 15) is 13.9 Å². The van der Waals surface area contributed by atoms with E-state index in [1.54, 1.807) is 17.9 Å². The molecule has 0 saturated carbocycles. The molecule has 3 N–H and O–H groups in total. The number of hydrogen-bond acceptors (Lipinski definition) is 10. The second-order valence-electron chi connectivity index (χ2n) is 11.9. The zero-order valence-electron chi connectivity index (χ0n) is 23.4. The minimum absolute atomic E-state index is 0.0112.